The molecular weight excluding hydrogens is 266 g/mol. The molecule has 1 aromatic carbocycles. The van der Waals surface area contributed by atoms with Gasteiger partial charge in [-0.05, 0) is 25.5 Å². The second kappa shape index (κ2) is 6.28. The lowest BCUT2D eigenvalue weighted by Gasteiger charge is -2.18. The highest BCUT2D eigenvalue weighted by Crippen LogP contribution is 2.21. The van der Waals surface area contributed by atoms with Crippen LogP contribution in [0.4, 0.5) is 8.78 Å². The second-order valence-electron chi connectivity index (χ2n) is 4.92. The third kappa shape index (κ3) is 3.13. The molecule has 20 heavy (non-hydrogen) atoms. The van der Waals surface area contributed by atoms with E-state index in [2.05, 4.69) is 10.6 Å². The van der Waals surface area contributed by atoms with Crippen LogP contribution in [-0.4, -0.2) is 31.7 Å². The molecule has 110 valence electrons. The largest absolute Gasteiger partial charge is 0.380 e. The molecule has 4 nitrogen and oxygen atoms in total. The highest BCUT2D eigenvalue weighted by atomic mass is 19.1. The Balaban J connectivity index is 2.01. The van der Waals surface area contributed by atoms with E-state index in [1.807, 2.05) is 0 Å². The van der Waals surface area contributed by atoms with Gasteiger partial charge in [0.05, 0.1) is 18.2 Å². The number of hydrogen-bond acceptors (Lipinski definition) is 3. The van der Waals surface area contributed by atoms with E-state index in [1.165, 1.54) is 18.2 Å². The third-order valence-corrected chi connectivity index (χ3v) is 3.53. The van der Waals surface area contributed by atoms with Crippen LogP contribution in [0.15, 0.2) is 18.2 Å². The molecule has 1 fully saturated rings. The average molecular weight is 284 g/mol. The van der Waals surface area contributed by atoms with Gasteiger partial charge in [0.15, 0.2) is 0 Å². The number of carbonyl (C=O) groups is 1. The Morgan fingerprint density at radius 3 is 2.65 bits per heavy atom. The van der Waals surface area contributed by atoms with Crippen molar-refractivity contribution < 1.29 is 18.3 Å². The summed E-state index contributed by atoms with van der Waals surface area (Å²) in [4.78, 5) is 12.0. The molecule has 2 N–H and O–H groups in total. The van der Waals surface area contributed by atoms with Crippen LogP contribution in [0.5, 0.6) is 0 Å². The summed E-state index contributed by atoms with van der Waals surface area (Å²) in [5.41, 5.74) is -0.123. The fourth-order valence-corrected chi connectivity index (χ4v) is 2.39. The number of nitrogens with one attached hydrogen (secondary N) is 2. The van der Waals surface area contributed by atoms with Crippen LogP contribution in [0.25, 0.3) is 0 Å². The van der Waals surface area contributed by atoms with Crippen molar-refractivity contribution in [2.45, 2.75) is 31.5 Å². The van der Waals surface area contributed by atoms with Crippen molar-refractivity contribution in [2.24, 2.45) is 0 Å². The van der Waals surface area contributed by atoms with Crippen molar-refractivity contribution in [3.8, 4) is 0 Å². The van der Waals surface area contributed by atoms with Gasteiger partial charge in [0, 0.05) is 19.2 Å². The fourth-order valence-electron chi connectivity index (χ4n) is 2.39. The molecule has 1 aliphatic heterocycles. The van der Waals surface area contributed by atoms with E-state index in [0.717, 1.165) is 0 Å². The van der Waals surface area contributed by atoms with Crippen molar-refractivity contribution >= 4 is 5.91 Å². The van der Waals surface area contributed by atoms with Crippen molar-refractivity contribution in [1.29, 1.82) is 0 Å². The Bertz CT molecular complexity index is 476. The number of halogens is 2. The smallest absolute Gasteiger partial charge is 0.237 e. The third-order valence-electron chi connectivity index (χ3n) is 3.53. The zero-order chi connectivity index (χ0) is 14.7. The molecule has 0 spiro atoms. The molecule has 0 aliphatic carbocycles. The summed E-state index contributed by atoms with van der Waals surface area (Å²) in [6, 6.07) is 2.53. The van der Waals surface area contributed by atoms with Gasteiger partial charge in [0.2, 0.25) is 5.91 Å². The van der Waals surface area contributed by atoms with Gasteiger partial charge in [-0.3, -0.25) is 4.79 Å². The number of carbonyl (C=O) groups excluding carboxylic acids is 1. The molecule has 3 atom stereocenters. The Morgan fingerprint density at radius 1 is 1.45 bits per heavy atom. The standard InChI is InChI=1S/C14H18F2N2O2/c1-8(13-10(15)4-3-5-11(13)16)18-14(19)12-6-9(20-2)7-17-12/h3-5,8-9,12,17H,6-7H2,1-2H3,(H,18,19). The van der Waals surface area contributed by atoms with Gasteiger partial charge in [-0.25, -0.2) is 8.78 Å². The topological polar surface area (TPSA) is 50.4 Å². The lowest BCUT2D eigenvalue weighted by Crippen LogP contribution is -2.41. The van der Waals surface area contributed by atoms with Gasteiger partial charge in [-0.15, -0.1) is 0 Å². The van der Waals surface area contributed by atoms with E-state index in [-0.39, 0.29) is 17.6 Å². The van der Waals surface area contributed by atoms with E-state index >= 15 is 0 Å². The summed E-state index contributed by atoms with van der Waals surface area (Å²) < 4.78 is 32.4. The van der Waals surface area contributed by atoms with Gasteiger partial charge < -0.3 is 15.4 Å². The molecule has 1 aliphatic rings. The molecule has 0 bridgehead atoms. The number of ether oxygens (including phenoxy) is 1. The maximum absolute atomic E-state index is 13.6. The Hall–Kier alpha value is -1.53. The molecule has 1 saturated heterocycles. The molecule has 0 radical (unpaired) electrons. The molecule has 2 rings (SSSR count). The Kier molecular flexibility index (Phi) is 4.67. The predicted octanol–water partition coefficient (Wildman–Crippen LogP) is 1.52. The maximum Gasteiger partial charge on any atom is 0.237 e. The zero-order valence-electron chi connectivity index (χ0n) is 11.5. The van der Waals surface area contributed by atoms with E-state index in [0.29, 0.717) is 13.0 Å². The minimum absolute atomic E-state index is 0.00810. The lowest BCUT2D eigenvalue weighted by atomic mass is 10.1. The summed E-state index contributed by atoms with van der Waals surface area (Å²) in [5.74, 6) is -1.60. The number of rotatable bonds is 4. The minimum atomic E-state index is -0.730. The normalized spacial score (nSPS) is 23.6. The summed E-state index contributed by atoms with van der Waals surface area (Å²) in [6.07, 6.45) is 0.542. The monoisotopic (exact) mass is 284 g/mol. The first-order chi connectivity index (χ1) is 9.52. The van der Waals surface area contributed by atoms with Crippen molar-refractivity contribution in [1.82, 2.24) is 10.6 Å². The first-order valence-electron chi connectivity index (χ1n) is 6.53. The average Bonchev–Trinajstić information content (AvgIpc) is 2.87. The molecule has 3 unspecified atom stereocenters. The molecule has 1 heterocycles. The van der Waals surface area contributed by atoms with Gasteiger partial charge in [0.1, 0.15) is 11.6 Å². The highest BCUT2D eigenvalue weighted by molar-refractivity contribution is 5.82. The van der Waals surface area contributed by atoms with Crippen LogP contribution in [0, 0.1) is 11.6 Å². The van der Waals surface area contributed by atoms with Gasteiger partial charge in [-0.1, -0.05) is 6.07 Å². The van der Waals surface area contributed by atoms with Crippen molar-refractivity contribution in [3.05, 3.63) is 35.4 Å². The second-order valence-corrected chi connectivity index (χ2v) is 4.92. The quantitative estimate of drug-likeness (QED) is 0.881. The Morgan fingerprint density at radius 2 is 2.10 bits per heavy atom. The van der Waals surface area contributed by atoms with Crippen LogP contribution in [0.3, 0.4) is 0 Å². The Labute approximate surface area is 116 Å². The molecular formula is C14H18F2N2O2. The van der Waals surface area contributed by atoms with E-state index in [4.69, 9.17) is 4.74 Å². The van der Waals surface area contributed by atoms with Crippen LogP contribution in [-0.2, 0) is 9.53 Å². The first-order valence-corrected chi connectivity index (χ1v) is 6.53. The predicted molar refractivity (Wildman–Crippen MR) is 70.1 cm³/mol. The van der Waals surface area contributed by atoms with E-state index in [1.54, 1.807) is 14.0 Å². The number of methoxy groups -OCH3 is 1. The van der Waals surface area contributed by atoms with Crippen LogP contribution < -0.4 is 10.6 Å². The number of benzene rings is 1. The lowest BCUT2D eigenvalue weighted by molar-refractivity contribution is -0.123. The first kappa shape index (κ1) is 14.9. The maximum atomic E-state index is 13.6. The summed E-state index contributed by atoms with van der Waals surface area (Å²) in [7, 11) is 1.59. The van der Waals surface area contributed by atoms with Gasteiger partial charge in [-0.2, -0.15) is 0 Å². The molecule has 1 aromatic rings. The van der Waals surface area contributed by atoms with Gasteiger partial charge >= 0.3 is 0 Å². The highest BCUT2D eigenvalue weighted by Gasteiger charge is 2.30. The van der Waals surface area contributed by atoms with E-state index < -0.39 is 23.7 Å². The summed E-state index contributed by atoms with van der Waals surface area (Å²) in [6.45, 7) is 2.15. The van der Waals surface area contributed by atoms with Crippen molar-refractivity contribution in [3.63, 3.8) is 0 Å². The number of hydrogen-bond donors (Lipinski definition) is 2. The van der Waals surface area contributed by atoms with Gasteiger partial charge in [0.25, 0.3) is 0 Å². The van der Waals surface area contributed by atoms with Crippen LogP contribution >= 0.6 is 0 Å². The van der Waals surface area contributed by atoms with E-state index in [9.17, 15) is 13.6 Å². The summed E-state index contributed by atoms with van der Waals surface area (Å²) in [5, 5.41) is 5.65. The summed E-state index contributed by atoms with van der Waals surface area (Å²) >= 11 is 0. The minimum Gasteiger partial charge on any atom is -0.380 e. The number of amides is 1. The zero-order valence-corrected chi connectivity index (χ0v) is 11.5. The van der Waals surface area contributed by atoms with Crippen molar-refractivity contribution in [2.75, 3.05) is 13.7 Å². The van der Waals surface area contributed by atoms with Crippen LogP contribution in [0.1, 0.15) is 24.9 Å². The molecule has 0 aromatic heterocycles. The molecule has 1 amide bonds. The van der Waals surface area contributed by atoms with Crippen LogP contribution in [0.2, 0.25) is 0 Å². The SMILES string of the molecule is COC1CNC(C(=O)NC(C)c2c(F)cccc2F)C1. The molecule has 0 saturated carbocycles. The molecule has 6 heteroatoms. The fraction of sp³-hybridized carbons (Fsp3) is 0.500.